The number of hydrogen-bond donors (Lipinski definition) is 1. The van der Waals surface area contributed by atoms with Gasteiger partial charge < -0.3 is 15.2 Å². The van der Waals surface area contributed by atoms with Gasteiger partial charge in [0.05, 0.1) is 6.61 Å². The van der Waals surface area contributed by atoms with E-state index in [4.69, 9.17) is 15.2 Å². The third-order valence-corrected chi connectivity index (χ3v) is 3.92. The number of carbonyl (C=O) groups is 1. The van der Waals surface area contributed by atoms with E-state index in [2.05, 4.69) is 6.92 Å². The fraction of sp³-hybridized carbons (Fsp3) is 0.562. The summed E-state index contributed by atoms with van der Waals surface area (Å²) >= 11 is 0. The molecule has 0 aromatic heterocycles. The van der Waals surface area contributed by atoms with Crippen LogP contribution in [-0.2, 0) is 9.53 Å². The van der Waals surface area contributed by atoms with Gasteiger partial charge in [0, 0.05) is 0 Å². The minimum absolute atomic E-state index is 0.166. The third kappa shape index (κ3) is 3.12. The van der Waals surface area contributed by atoms with Crippen molar-refractivity contribution >= 4 is 5.97 Å². The average molecular weight is 277 g/mol. The number of benzene rings is 1. The summed E-state index contributed by atoms with van der Waals surface area (Å²) in [6.07, 6.45) is 1.93. The van der Waals surface area contributed by atoms with Crippen molar-refractivity contribution in [2.24, 2.45) is 11.7 Å². The summed E-state index contributed by atoms with van der Waals surface area (Å²) in [5, 5.41) is 0. The summed E-state index contributed by atoms with van der Waals surface area (Å²) in [6, 6.07) is 5.87. The zero-order valence-corrected chi connectivity index (χ0v) is 12.4. The van der Waals surface area contributed by atoms with Crippen LogP contribution in [0.1, 0.15) is 30.9 Å². The largest absolute Gasteiger partial charge is 0.491 e. The first-order valence-corrected chi connectivity index (χ1v) is 7.13. The number of esters is 1. The van der Waals surface area contributed by atoms with Crippen LogP contribution in [0.15, 0.2) is 18.2 Å². The van der Waals surface area contributed by atoms with Gasteiger partial charge in [0.1, 0.15) is 12.4 Å². The van der Waals surface area contributed by atoms with Crippen LogP contribution >= 0.6 is 0 Å². The van der Waals surface area contributed by atoms with Gasteiger partial charge in [0.25, 0.3) is 0 Å². The van der Waals surface area contributed by atoms with E-state index in [-0.39, 0.29) is 18.5 Å². The number of rotatable bonds is 6. The molecule has 1 saturated carbocycles. The Morgan fingerprint density at radius 2 is 2.05 bits per heavy atom. The lowest BCUT2D eigenvalue weighted by Crippen LogP contribution is -2.55. The van der Waals surface area contributed by atoms with Gasteiger partial charge in [-0.1, -0.05) is 6.07 Å². The summed E-state index contributed by atoms with van der Waals surface area (Å²) in [7, 11) is 0. The number of nitrogens with two attached hydrogens (primary N) is 1. The maximum absolute atomic E-state index is 12.1. The molecule has 20 heavy (non-hydrogen) atoms. The molecule has 1 fully saturated rings. The van der Waals surface area contributed by atoms with Crippen LogP contribution in [0, 0.1) is 19.8 Å². The summed E-state index contributed by atoms with van der Waals surface area (Å²) in [6.45, 7) is 6.38. The monoisotopic (exact) mass is 277 g/mol. The molecule has 2 rings (SSSR count). The summed E-state index contributed by atoms with van der Waals surface area (Å²) in [5.41, 5.74) is 7.60. The summed E-state index contributed by atoms with van der Waals surface area (Å²) < 4.78 is 10.8. The Morgan fingerprint density at radius 1 is 1.35 bits per heavy atom. The van der Waals surface area contributed by atoms with Crippen molar-refractivity contribution in [1.82, 2.24) is 0 Å². The molecule has 0 spiro atoms. The predicted octanol–water partition coefficient (Wildman–Crippen LogP) is 2.35. The fourth-order valence-electron chi connectivity index (χ4n) is 2.21. The zero-order valence-electron chi connectivity index (χ0n) is 12.4. The molecule has 1 unspecified atom stereocenters. The molecule has 1 aliphatic carbocycles. The predicted molar refractivity (Wildman–Crippen MR) is 77.7 cm³/mol. The smallest absolute Gasteiger partial charge is 0.329 e. The molecule has 0 aliphatic heterocycles. The van der Waals surface area contributed by atoms with E-state index in [9.17, 15) is 4.79 Å². The Labute approximate surface area is 120 Å². The number of ether oxygens (including phenoxy) is 2. The molecule has 0 amide bonds. The SMILES string of the molecule is CCOC(=O)C(N)(COc1ccc(C)c(C)c1)C1CC1. The van der Waals surface area contributed by atoms with Crippen LogP contribution < -0.4 is 10.5 Å². The van der Waals surface area contributed by atoms with Crippen LogP contribution in [-0.4, -0.2) is 24.7 Å². The van der Waals surface area contributed by atoms with Crippen molar-refractivity contribution in [3.8, 4) is 5.75 Å². The molecule has 1 aliphatic rings. The molecule has 4 nitrogen and oxygen atoms in total. The van der Waals surface area contributed by atoms with Crippen molar-refractivity contribution in [3.63, 3.8) is 0 Å². The van der Waals surface area contributed by atoms with Crippen molar-refractivity contribution in [2.45, 2.75) is 39.2 Å². The molecular formula is C16H23NO3. The van der Waals surface area contributed by atoms with E-state index in [0.29, 0.717) is 6.61 Å². The second-order valence-corrected chi connectivity index (χ2v) is 5.57. The molecular weight excluding hydrogens is 254 g/mol. The Morgan fingerprint density at radius 3 is 2.60 bits per heavy atom. The highest BCUT2D eigenvalue weighted by molar-refractivity contribution is 5.81. The first-order valence-electron chi connectivity index (χ1n) is 7.13. The zero-order chi connectivity index (χ0) is 14.8. The van der Waals surface area contributed by atoms with Crippen LogP contribution in [0.5, 0.6) is 5.75 Å². The van der Waals surface area contributed by atoms with E-state index in [1.165, 1.54) is 5.56 Å². The maximum Gasteiger partial charge on any atom is 0.329 e. The minimum atomic E-state index is -1.02. The van der Waals surface area contributed by atoms with E-state index < -0.39 is 5.54 Å². The highest BCUT2D eigenvalue weighted by Gasteiger charge is 2.50. The summed E-state index contributed by atoms with van der Waals surface area (Å²) in [5.74, 6) is 0.562. The van der Waals surface area contributed by atoms with E-state index >= 15 is 0 Å². The molecule has 0 radical (unpaired) electrons. The van der Waals surface area contributed by atoms with Gasteiger partial charge in [-0.05, 0) is 62.8 Å². The van der Waals surface area contributed by atoms with E-state index in [0.717, 1.165) is 24.2 Å². The van der Waals surface area contributed by atoms with Crippen molar-refractivity contribution < 1.29 is 14.3 Å². The van der Waals surface area contributed by atoms with Gasteiger partial charge in [0.15, 0.2) is 5.54 Å². The second kappa shape index (κ2) is 5.83. The average Bonchev–Trinajstić information content (AvgIpc) is 3.25. The minimum Gasteiger partial charge on any atom is -0.491 e. The summed E-state index contributed by atoms with van der Waals surface area (Å²) in [4.78, 5) is 12.1. The molecule has 4 heteroatoms. The van der Waals surface area contributed by atoms with Crippen LogP contribution in [0.2, 0.25) is 0 Å². The van der Waals surface area contributed by atoms with Crippen molar-refractivity contribution in [2.75, 3.05) is 13.2 Å². The molecule has 1 aromatic rings. The molecule has 0 saturated heterocycles. The molecule has 1 aromatic carbocycles. The highest BCUT2D eigenvalue weighted by atomic mass is 16.5. The van der Waals surface area contributed by atoms with Gasteiger partial charge in [0.2, 0.25) is 0 Å². The van der Waals surface area contributed by atoms with Crippen molar-refractivity contribution in [1.29, 1.82) is 0 Å². The molecule has 110 valence electrons. The number of hydrogen-bond acceptors (Lipinski definition) is 4. The van der Waals surface area contributed by atoms with Gasteiger partial charge in [-0.15, -0.1) is 0 Å². The first-order chi connectivity index (χ1) is 9.47. The second-order valence-electron chi connectivity index (χ2n) is 5.57. The Hall–Kier alpha value is -1.55. The Balaban J connectivity index is 2.05. The lowest BCUT2D eigenvalue weighted by Gasteiger charge is -2.27. The van der Waals surface area contributed by atoms with Crippen LogP contribution in [0.3, 0.4) is 0 Å². The van der Waals surface area contributed by atoms with Crippen LogP contribution in [0.4, 0.5) is 0 Å². The number of carbonyl (C=O) groups excluding carboxylic acids is 1. The van der Waals surface area contributed by atoms with E-state index in [1.54, 1.807) is 6.92 Å². The molecule has 0 bridgehead atoms. The standard InChI is InChI=1S/C16H23NO3/c1-4-19-15(18)16(17,13-6-7-13)10-20-14-8-5-11(2)12(3)9-14/h5,8-9,13H,4,6-7,10,17H2,1-3H3. The maximum atomic E-state index is 12.1. The van der Waals surface area contributed by atoms with Gasteiger partial charge in [-0.2, -0.15) is 0 Å². The van der Waals surface area contributed by atoms with Crippen LogP contribution in [0.25, 0.3) is 0 Å². The lowest BCUT2D eigenvalue weighted by molar-refractivity contribution is -0.151. The fourth-order valence-corrected chi connectivity index (χ4v) is 2.21. The quantitative estimate of drug-likeness (QED) is 0.811. The normalized spacial score (nSPS) is 17.4. The van der Waals surface area contributed by atoms with E-state index in [1.807, 2.05) is 25.1 Å². The lowest BCUT2D eigenvalue weighted by atomic mass is 9.96. The Bertz CT molecular complexity index is 496. The highest BCUT2D eigenvalue weighted by Crippen LogP contribution is 2.39. The van der Waals surface area contributed by atoms with Gasteiger partial charge in [-0.25, -0.2) is 4.79 Å². The molecule has 1 atom stereocenters. The molecule has 2 N–H and O–H groups in total. The van der Waals surface area contributed by atoms with Gasteiger partial charge >= 0.3 is 5.97 Å². The number of aryl methyl sites for hydroxylation is 2. The first kappa shape index (κ1) is 14.9. The molecule has 0 heterocycles. The third-order valence-electron chi connectivity index (χ3n) is 3.92. The van der Waals surface area contributed by atoms with Crippen molar-refractivity contribution in [3.05, 3.63) is 29.3 Å². The van der Waals surface area contributed by atoms with Gasteiger partial charge in [-0.3, -0.25) is 0 Å². The Kier molecular flexibility index (Phi) is 4.33. The topological polar surface area (TPSA) is 61.5 Å².